The van der Waals surface area contributed by atoms with Crippen LogP contribution in [-0.4, -0.2) is 16.6 Å². The van der Waals surface area contributed by atoms with Gasteiger partial charge < -0.3 is 5.11 Å². The van der Waals surface area contributed by atoms with Crippen LogP contribution in [0.3, 0.4) is 0 Å². The van der Waals surface area contributed by atoms with Crippen molar-refractivity contribution in [1.29, 1.82) is 0 Å². The molecule has 0 unspecified atom stereocenters. The van der Waals surface area contributed by atoms with Gasteiger partial charge >= 0.3 is 0 Å². The van der Waals surface area contributed by atoms with Crippen molar-refractivity contribution in [3.05, 3.63) is 34.9 Å². The SMILES string of the molecule is OCC(=S)Cc1ccc(Cl)cc1. The van der Waals surface area contributed by atoms with Gasteiger partial charge in [0.1, 0.15) is 0 Å². The normalized spacial score (nSPS) is 9.83. The van der Waals surface area contributed by atoms with Gasteiger partial charge in [-0.25, -0.2) is 0 Å². The van der Waals surface area contributed by atoms with Gasteiger partial charge in [0.2, 0.25) is 0 Å². The molecule has 0 bridgehead atoms. The fraction of sp³-hybridized carbons (Fsp3) is 0.222. The highest BCUT2D eigenvalue weighted by Crippen LogP contribution is 2.10. The number of halogens is 1. The molecule has 1 N–H and O–H groups in total. The van der Waals surface area contributed by atoms with Crippen molar-refractivity contribution in [2.75, 3.05) is 6.61 Å². The van der Waals surface area contributed by atoms with Gasteiger partial charge in [0, 0.05) is 16.3 Å². The largest absolute Gasteiger partial charge is 0.391 e. The molecule has 1 aromatic rings. The third kappa shape index (κ3) is 2.89. The second-order valence-corrected chi connectivity index (χ2v) is 3.51. The molecule has 0 amide bonds. The van der Waals surface area contributed by atoms with Crippen LogP contribution in [0.5, 0.6) is 0 Å². The summed E-state index contributed by atoms with van der Waals surface area (Å²) in [6.07, 6.45) is 0.642. The van der Waals surface area contributed by atoms with E-state index in [1.165, 1.54) is 0 Å². The standard InChI is InChI=1S/C9H9ClOS/c10-8-3-1-7(2-4-8)5-9(12)6-11/h1-4,11H,5-6H2. The molecule has 1 aromatic carbocycles. The van der Waals surface area contributed by atoms with Crippen molar-refractivity contribution in [2.45, 2.75) is 6.42 Å². The van der Waals surface area contributed by atoms with E-state index in [1.807, 2.05) is 24.3 Å². The Morgan fingerprint density at radius 1 is 1.33 bits per heavy atom. The molecule has 0 spiro atoms. The Morgan fingerprint density at radius 3 is 2.42 bits per heavy atom. The van der Waals surface area contributed by atoms with E-state index in [2.05, 4.69) is 0 Å². The van der Waals surface area contributed by atoms with Crippen molar-refractivity contribution in [3.63, 3.8) is 0 Å². The molecule has 0 heterocycles. The number of aliphatic hydroxyl groups excluding tert-OH is 1. The van der Waals surface area contributed by atoms with Crippen molar-refractivity contribution >= 4 is 28.7 Å². The molecule has 0 fully saturated rings. The summed E-state index contributed by atoms with van der Waals surface area (Å²) in [7, 11) is 0. The second-order valence-electron chi connectivity index (χ2n) is 2.50. The quantitative estimate of drug-likeness (QED) is 0.756. The third-order valence-electron chi connectivity index (χ3n) is 1.49. The first-order valence-electron chi connectivity index (χ1n) is 3.59. The summed E-state index contributed by atoms with van der Waals surface area (Å²) in [5.41, 5.74) is 1.08. The average molecular weight is 201 g/mol. The van der Waals surface area contributed by atoms with Gasteiger partial charge in [0.15, 0.2) is 0 Å². The molecule has 0 atom stereocenters. The lowest BCUT2D eigenvalue weighted by Gasteiger charge is -1.99. The van der Waals surface area contributed by atoms with E-state index in [4.69, 9.17) is 28.9 Å². The molecule has 1 rings (SSSR count). The van der Waals surface area contributed by atoms with Gasteiger partial charge in [-0.15, -0.1) is 0 Å². The Labute approximate surface area is 82.0 Å². The molecular weight excluding hydrogens is 192 g/mol. The summed E-state index contributed by atoms with van der Waals surface area (Å²) in [6, 6.07) is 7.45. The monoisotopic (exact) mass is 200 g/mol. The summed E-state index contributed by atoms with van der Waals surface area (Å²) >= 11 is 10.6. The fourth-order valence-corrected chi connectivity index (χ4v) is 1.18. The molecule has 1 nitrogen and oxygen atoms in total. The van der Waals surface area contributed by atoms with Gasteiger partial charge in [0.05, 0.1) is 6.61 Å². The Morgan fingerprint density at radius 2 is 1.92 bits per heavy atom. The fourth-order valence-electron chi connectivity index (χ4n) is 0.886. The summed E-state index contributed by atoms with van der Waals surface area (Å²) in [5.74, 6) is 0. The van der Waals surface area contributed by atoms with Gasteiger partial charge in [0.25, 0.3) is 0 Å². The molecule has 3 heteroatoms. The predicted octanol–water partition coefficient (Wildman–Crippen LogP) is 2.24. The molecule has 64 valence electrons. The number of aliphatic hydroxyl groups is 1. The maximum Gasteiger partial charge on any atom is 0.0747 e. The van der Waals surface area contributed by atoms with Crippen LogP contribution in [0.15, 0.2) is 24.3 Å². The second kappa shape index (κ2) is 4.55. The Balaban J connectivity index is 2.64. The first-order valence-corrected chi connectivity index (χ1v) is 4.38. The van der Waals surface area contributed by atoms with Gasteiger partial charge in [-0.3, -0.25) is 0 Å². The lowest BCUT2D eigenvalue weighted by atomic mass is 10.1. The molecule has 0 radical (unpaired) electrons. The Bertz CT molecular complexity index is 268. The zero-order chi connectivity index (χ0) is 8.97. The third-order valence-corrected chi connectivity index (χ3v) is 2.02. The van der Waals surface area contributed by atoms with E-state index in [0.29, 0.717) is 16.3 Å². The first-order chi connectivity index (χ1) is 5.72. The van der Waals surface area contributed by atoms with Crippen LogP contribution >= 0.6 is 23.8 Å². The summed E-state index contributed by atoms with van der Waals surface area (Å²) in [4.78, 5) is 0.650. The van der Waals surface area contributed by atoms with Gasteiger partial charge in [-0.05, 0) is 17.7 Å². The molecule has 0 aliphatic heterocycles. The van der Waals surface area contributed by atoms with Crippen LogP contribution in [0.1, 0.15) is 5.56 Å². The van der Waals surface area contributed by atoms with E-state index in [-0.39, 0.29) is 6.61 Å². The minimum absolute atomic E-state index is 0.0298. The zero-order valence-electron chi connectivity index (χ0n) is 6.46. The summed E-state index contributed by atoms with van der Waals surface area (Å²) in [5, 5.41) is 9.40. The molecule has 0 aromatic heterocycles. The highest BCUT2D eigenvalue weighted by atomic mass is 35.5. The van der Waals surface area contributed by atoms with Crippen LogP contribution in [0.25, 0.3) is 0 Å². The molecule has 0 saturated heterocycles. The van der Waals surface area contributed by atoms with Crippen LogP contribution in [-0.2, 0) is 6.42 Å². The first kappa shape index (κ1) is 9.65. The van der Waals surface area contributed by atoms with Crippen LogP contribution in [0.4, 0.5) is 0 Å². The Kier molecular flexibility index (Phi) is 3.66. The maximum absolute atomic E-state index is 8.68. The zero-order valence-corrected chi connectivity index (χ0v) is 8.03. The number of hydrogen-bond acceptors (Lipinski definition) is 2. The van der Waals surface area contributed by atoms with E-state index < -0.39 is 0 Å². The van der Waals surface area contributed by atoms with Gasteiger partial charge in [-0.2, -0.15) is 0 Å². The predicted molar refractivity (Wildman–Crippen MR) is 54.8 cm³/mol. The minimum Gasteiger partial charge on any atom is -0.391 e. The lowest BCUT2D eigenvalue weighted by molar-refractivity contribution is 0.358. The van der Waals surface area contributed by atoms with Crippen LogP contribution in [0.2, 0.25) is 5.02 Å². The van der Waals surface area contributed by atoms with E-state index in [9.17, 15) is 0 Å². The smallest absolute Gasteiger partial charge is 0.0747 e. The van der Waals surface area contributed by atoms with E-state index >= 15 is 0 Å². The minimum atomic E-state index is -0.0298. The van der Waals surface area contributed by atoms with Crippen molar-refractivity contribution in [3.8, 4) is 0 Å². The summed E-state index contributed by atoms with van der Waals surface area (Å²) < 4.78 is 0. The molecular formula is C9H9ClOS. The number of hydrogen-bond donors (Lipinski definition) is 1. The van der Waals surface area contributed by atoms with Crippen LogP contribution in [0, 0.1) is 0 Å². The number of thiocarbonyl (C=S) groups is 1. The summed E-state index contributed by atoms with van der Waals surface area (Å²) in [6.45, 7) is -0.0298. The highest BCUT2D eigenvalue weighted by molar-refractivity contribution is 7.80. The lowest BCUT2D eigenvalue weighted by Crippen LogP contribution is -2.04. The van der Waals surface area contributed by atoms with E-state index in [1.54, 1.807) is 0 Å². The topological polar surface area (TPSA) is 20.2 Å². The van der Waals surface area contributed by atoms with Crippen molar-refractivity contribution in [1.82, 2.24) is 0 Å². The van der Waals surface area contributed by atoms with Gasteiger partial charge in [-0.1, -0.05) is 36.0 Å². The highest BCUT2D eigenvalue weighted by Gasteiger charge is 1.97. The van der Waals surface area contributed by atoms with Crippen molar-refractivity contribution < 1.29 is 5.11 Å². The number of benzene rings is 1. The van der Waals surface area contributed by atoms with Crippen LogP contribution < -0.4 is 0 Å². The molecule has 0 aliphatic carbocycles. The van der Waals surface area contributed by atoms with E-state index in [0.717, 1.165) is 5.56 Å². The number of rotatable bonds is 3. The molecule has 12 heavy (non-hydrogen) atoms. The van der Waals surface area contributed by atoms with Crippen molar-refractivity contribution in [2.24, 2.45) is 0 Å². The average Bonchev–Trinajstić information content (AvgIpc) is 2.09. The molecule has 0 aliphatic rings. The maximum atomic E-state index is 8.68. The molecule has 0 saturated carbocycles. The Hall–Kier alpha value is -0.440.